The van der Waals surface area contributed by atoms with Gasteiger partial charge in [-0.3, -0.25) is 0 Å². The van der Waals surface area contributed by atoms with Crippen molar-refractivity contribution in [2.75, 3.05) is 6.54 Å². The minimum absolute atomic E-state index is 0.0549. The number of hydrogen-bond donors (Lipinski definition) is 1. The van der Waals surface area contributed by atoms with Crippen LogP contribution in [-0.4, -0.2) is 12.6 Å². The van der Waals surface area contributed by atoms with Gasteiger partial charge in [0.05, 0.1) is 0 Å². The zero-order valence-electron chi connectivity index (χ0n) is 10.7. The minimum Gasteiger partial charge on any atom is -0.314 e. The fourth-order valence-corrected chi connectivity index (χ4v) is 3.52. The molecule has 0 aromatic heterocycles. The van der Waals surface area contributed by atoms with Crippen LogP contribution < -0.4 is 5.32 Å². The summed E-state index contributed by atoms with van der Waals surface area (Å²) in [6, 6.07) is 4.26. The average molecular weight is 307 g/mol. The first-order chi connectivity index (χ1) is 8.40. The van der Waals surface area contributed by atoms with Crippen molar-refractivity contribution in [3.05, 3.63) is 32.8 Å². The molecule has 1 aliphatic carbocycles. The summed E-state index contributed by atoms with van der Waals surface area (Å²) in [6.45, 7) is 5.33. The Morgan fingerprint density at radius 3 is 2.22 bits per heavy atom. The van der Waals surface area contributed by atoms with Gasteiger partial charge in [0.15, 0.2) is 0 Å². The molecule has 1 aromatic rings. The highest BCUT2D eigenvalue weighted by molar-refractivity contribution is 6.39. The van der Waals surface area contributed by atoms with Crippen molar-refractivity contribution in [2.45, 2.75) is 44.6 Å². The Hall–Kier alpha value is 0.0500. The lowest BCUT2D eigenvalue weighted by Gasteiger charge is -2.28. The maximum absolute atomic E-state index is 6.28. The summed E-state index contributed by atoms with van der Waals surface area (Å²) in [5.74, 6) is 0. The van der Waals surface area contributed by atoms with Crippen LogP contribution in [0.1, 0.15) is 38.7 Å². The third kappa shape index (κ3) is 3.54. The molecule has 0 aliphatic heterocycles. The van der Waals surface area contributed by atoms with E-state index in [1.54, 1.807) is 12.1 Å². The van der Waals surface area contributed by atoms with Crippen molar-refractivity contribution < 1.29 is 0 Å². The van der Waals surface area contributed by atoms with E-state index >= 15 is 0 Å². The van der Waals surface area contributed by atoms with E-state index in [1.807, 2.05) is 0 Å². The Bertz CT molecular complexity index is 416. The molecular weight excluding hydrogens is 289 g/mol. The van der Waals surface area contributed by atoms with Gasteiger partial charge in [-0.05, 0) is 48.9 Å². The van der Waals surface area contributed by atoms with Gasteiger partial charge >= 0.3 is 0 Å². The van der Waals surface area contributed by atoms with Crippen LogP contribution in [0.4, 0.5) is 0 Å². The van der Waals surface area contributed by atoms with Gasteiger partial charge in [0.25, 0.3) is 0 Å². The van der Waals surface area contributed by atoms with E-state index < -0.39 is 0 Å². The van der Waals surface area contributed by atoms with Crippen molar-refractivity contribution in [1.82, 2.24) is 5.32 Å². The summed E-state index contributed by atoms with van der Waals surface area (Å²) >= 11 is 18.5. The van der Waals surface area contributed by atoms with Crippen molar-refractivity contribution in [3.63, 3.8) is 0 Å². The highest BCUT2D eigenvalue weighted by Crippen LogP contribution is 2.39. The molecule has 0 amide bonds. The van der Waals surface area contributed by atoms with E-state index in [0.717, 1.165) is 24.6 Å². The van der Waals surface area contributed by atoms with Crippen molar-refractivity contribution >= 4 is 34.8 Å². The third-order valence-electron chi connectivity index (χ3n) is 3.44. The quantitative estimate of drug-likeness (QED) is 0.801. The van der Waals surface area contributed by atoms with Crippen LogP contribution in [-0.2, 0) is 5.41 Å². The van der Waals surface area contributed by atoms with Gasteiger partial charge in [0.1, 0.15) is 0 Å². The van der Waals surface area contributed by atoms with Crippen molar-refractivity contribution in [1.29, 1.82) is 0 Å². The molecule has 4 heteroatoms. The standard InChI is InChI=1S/C14H18Cl3N/c1-14(2,5-6-18-10-3-4-10)13-11(16)7-9(15)8-12(13)17/h7-8,10,18H,3-6H2,1-2H3. The van der Waals surface area contributed by atoms with Crippen LogP contribution in [0.5, 0.6) is 0 Å². The SMILES string of the molecule is CC(C)(CCNC1CC1)c1c(Cl)cc(Cl)cc1Cl. The summed E-state index contributed by atoms with van der Waals surface area (Å²) in [7, 11) is 0. The summed E-state index contributed by atoms with van der Waals surface area (Å²) in [5.41, 5.74) is 0.938. The highest BCUT2D eigenvalue weighted by atomic mass is 35.5. The number of benzene rings is 1. The summed E-state index contributed by atoms with van der Waals surface area (Å²) in [4.78, 5) is 0. The molecule has 18 heavy (non-hydrogen) atoms. The lowest BCUT2D eigenvalue weighted by Crippen LogP contribution is -2.27. The van der Waals surface area contributed by atoms with Gasteiger partial charge in [-0.15, -0.1) is 0 Å². The molecule has 1 saturated carbocycles. The fraction of sp³-hybridized carbons (Fsp3) is 0.571. The Morgan fingerprint density at radius 2 is 1.72 bits per heavy atom. The normalized spacial score (nSPS) is 16.1. The number of halogens is 3. The fourth-order valence-electron chi connectivity index (χ4n) is 2.19. The summed E-state index contributed by atoms with van der Waals surface area (Å²) < 4.78 is 0. The summed E-state index contributed by atoms with van der Waals surface area (Å²) in [6.07, 6.45) is 3.62. The lowest BCUT2D eigenvalue weighted by atomic mass is 9.81. The molecular formula is C14H18Cl3N. The first-order valence-electron chi connectivity index (χ1n) is 6.28. The third-order valence-corrected chi connectivity index (χ3v) is 4.26. The van der Waals surface area contributed by atoms with E-state index in [0.29, 0.717) is 15.1 Å². The zero-order valence-corrected chi connectivity index (χ0v) is 13.0. The zero-order chi connectivity index (χ0) is 13.3. The van der Waals surface area contributed by atoms with Crippen LogP contribution >= 0.6 is 34.8 Å². The van der Waals surface area contributed by atoms with E-state index in [2.05, 4.69) is 19.2 Å². The second-order valence-electron chi connectivity index (χ2n) is 5.61. The number of rotatable bonds is 5. The van der Waals surface area contributed by atoms with Crippen LogP contribution in [0, 0.1) is 0 Å². The maximum Gasteiger partial charge on any atom is 0.0473 e. The van der Waals surface area contributed by atoms with Crippen LogP contribution in [0.25, 0.3) is 0 Å². The molecule has 1 aromatic carbocycles. The molecule has 0 saturated heterocycles. The van der Waals surface area contributed by atoms with Gasteiger partial charge in [-0.25, -0.2) is 0 Å². The number of hydrogen-bond acceptors (Lipinski definition) is 1. The monoisotopic (exact) mass is 305 g/mol. The molecule has 1 N–H and O–H groups in total. The van der Waals surface area contributed by atoms with Gasteiger partial charge < -0.3 is 5.32 Å². The van der Waals surface area contributed by atoms with Crippen molar-refractivity contribution in [2.24, 2.45) is 0 Å². The summed E-state index contributed by atoms with van der Waals surface area (Å²) in [5, 5.41) is 5.42. The van der Waals surface area contributed by atoms with Gasteiger partial charge in [0, 0.05) is 21.1 Å². The topological polar surface area (TPSA) is 12.0 Å². The maximum atomic E-state index is 6.28. The first-order valence-corrected chi connectivity index (χ1v) is 7.42. The molecule has 2 rings (SSSR count). The first kappa shape index (κ1) is 14.5. The minimum atomic E-state index is -0.0549. The van der Waals surface area contributed by atoms with Crippen LogP contribution in [0.3, 0.4) is 0 Å². The Labute approximate surface area is 124 Å². The Balaban J connectivity index is 2.11. The highest BCUT2D eigenvalue weighted by Gasteiger charge is 2.27. The molecule has 0 unspecified atom stereocenters. The second kappa shape index (κ2) is 5.58. The van der Waals surface area contributed by atoms with Gasteiger partial charge in [0.2, 0.25) is 0 Å². The van der Waals surface area contributed by atoms with Crippen molar-refractivity contribution in [3.8, 4) is 0 Å². The molecule has 0 atom stereocenters. The lowest BCUT2D eigenvalue weighted by molar-refractivity contribution is 0.456. The Morgan fingerprint density at radius 1 is 1.17 bits per heavy atom. The average Bonchev–Trinajstić information content (AvgIpc) is 2.98. The molecule has 100 valence electrons. The predicted molar refractivity (Wildman–Crippen MR) is 80.1 cm³/mol. The van der Waals surface area contributed by atoms with Gasteiger partial charge in [-0.1, -0.05) is 48.7 Å². The smallest absolute Gasteiger partial charge is 0.0473 e. The molecule has 1 aliphatic rings. The van der Waals surface area contributed by atoms with Gasteiger partial charge in [-0.2, -0.15) is 0 Å². The Kier molecular flexibility index (Phi) is 4.48. The molecule has 0 radical (unpaired) electrons. The molecule has 1 fully saturated rings. The van der Waals surface area contributed by atoms with E-state index in [9.17, 15) is 0 Å². The van der Waals surface area contributed by atoms with Crippen LogP contribution in [0.2, 0.25) is 15.1 Å². The molecule has 0 spiro atoms. The largest absolute Gasteiger partial charge is 0.314 e. The van der Waals surface area contributed by atoms with Crippen LogP contribution in [0.15, 0.2) is 12.1 Å². The van der Waals surface area contributed by atoms with E-state index in [1.165, 1.54) is 12.8 Å². The predicted octanol–water partition coefficient (Wildman–Crippen LogP) is 5.07. The van der Waals surface area contributed by atoms with E-state index in [-0.39, 0.29) is 5.41 Å². The van der Waals surface area contributed by atoms with E-state index in [4.69, 9.17) is 34.8 Å². The second-order valence-corrected chi connectivity index (χ2v) is 6.86. The molecule has 0 heterocycles. The molecule has 1 nitrogen and oxygen atoms in total. The number of nitrogens with one attached hydrogen (secondary N) is 1. The molecule has 0 bridgehead atoms.